The molecule has 1 aromatic carbocycles. The highest BCUT2D eigenvalue weighted by Crippen LogP contribution is 2.29. The summed E-state index contributed by atoms with van der Waals surface area (Å²) in [4.78, 5) is 0. The number of hydrogen-bond donors (Lipinski definition) is 1. The summed E-state index contributed by atoms with van der Waals surface area (Å²) in [6.45, 7) is 9.51. The molecule has 0 aromatic heterocycles. The van der Waals surface area contributed by atoms with Gasteiger partial charge in [-0.2, -0.15) is 0 Å². The molecule has 0 saturated carbocycles. The molecular weight excluding hydrogens is 246 g/mol. The van der Waals surface area contributed by atoms with Crippen molar-refractivity contribution in [1.29, 1.82) is 0 Å². The van der Waals surface area contributed by atoms with Crippen LogP contribution in [0.4, 0.5) is 0 Å². The van der Waals surface area contributed by atoms with Crippen LogP contribution in [0.25, 0.3) is 0 Å². The molecule has 102 valence electrons. The second-order valence-corrected chi connectivity index (χ2v) is 5.13. The van der Waals surface area contributed by atoms with Gasteiger partial charge in [0.15, 0.2) is 0 Å². The van der Waals surface area contributed by atoms with Crippen LogP contribution in [0.15, 0.2) is 18.2 Å². The third kappa shape index (κ3) is 4.51. The highest BCUT2D eigenvalue weighted by molar-refractivity contribution is 6.30. The van der Waals surface area contributed by atoms with E-state index in [0.717, 1.165) is 35.7 Å². The maximum atomic E-state index is 6.08. The van der Waals surface area contributed by atoms with Crippen LogP contribution >= 0.6 is 11.6 Å². The Balaban J connectivity index is 2.88. The Labute approximate surface area is 116 Å². The maximum Gasteiger partial charge on any atom is 0.124 e. The van der Waals surface area contributed by atoms with E-state index >= 15 is 0 Å². The summed E-state index contributed by atoms with van der Waals surface area (Å²) >= 11 is 6.08. The first-order valence-corrected chi connectivity index (χ1v) is 7.15. The van der Waals surface area contributed by atoms with Gasteiger partial charge in [-0.05, 0) is 51.4 Å². The number of nitrogens with one attached hydrogen (secondary N) is 1. The molecule has 0 bridgehead atoms. The molecule has 2 nitrogen and oxygen atoms in total. The second kappa shape index (κ2) is 7.65. The molecule has 1 N–H and O–H groups in total. The first-order valence-electron chi connectivity index (χ1n) is 6.77. The van der Waals surface area contributed by atoms with Crippen molar-refractivity contribution in [2.24, 2.45) is 0 Å². The van der Waals surface area contributed by atoms with E-state index in [9.17, 15) is 0 Å². The first-order chi connectivity index (χ1) is 8.58. The first kappa shape index (κ1) is 15.3. The van der Waals surface area contributed by atoms with Gasteiger partial charge in [-0.3, -0.25) is 0 Å². The Hall–Kier alpha value is -0.730. The molecule has 0 radical (unpaired) electrons. The molecule has 0 heterocycles. The molecular formula is C15H24ClNO. The predicted octanol–water partition coefficient (Wildman–Crippen LogP) is 4.58. The largest absolute Gasteiger partial charge is 0.490 e. The van der Waals surface area contributed by atoms with Crippen molar-refractivity contribution in [3.63, 3.8) is 0 Å². The maximum absolute atomic E-state index is 6.08. The zero-order chi connectivity index (χ0) is 13.5. The SMILES string of the molecule is CCCNC(C)c1cc(Cl)ccc1OC(C)CC. The Morgan fingerprint density at radius 1 is 1.28 bits per heavy atom. The fourth-order valence-electron chi connectivity index (χ4n) is 1.74. The average Bonchev–Trinajstić information content (AvgIpc) is 2.37. The van der Waals surface area contributed by atoms with Gasteiger partial charge in [-0.1, -0.05) is 25.4 Å². The third-order valence-corrected chi connectivity index (χ3v) is 3.28. The standard InChI is InChI=1S/C15H24ClNO/c1-5-9-17-12(4)14-10-13(16)7-8-15(14)18-11(3)6-2/h7-8,10-12,17H,5-6,9H2,1-4H3. The summed E-state index contributed by atoms with van der Waals surface area (Å²) in [6, 6.07) is 6.10. The van der Waals surface area contributed by atoms with Crippen LogP contribution in [0, 0.1) is 0 Å². The number of halogens is 1. The summed E-state index contributed by atoms with van der Waals surface area (Å²) in [5, 5.41) is 4.22. The molecule has 0 saturated heterocycles. The van der Waals surface area contributed by atoms with E-state index < -0.39 is 0 Å². The van der Waals surface area contributed by atoms with Crippen LogP contribution < -0.4 is 10.1 Å². The number of ether oxygens (including phenoxy) is 1. The second-order valence-electron chi connectivity index (χ2n) is 4.69. The van der Waals surface area contributed by atoms with E-state index in [2.05, 4.69) is 33.0 Å². The lowest BCUT2D eigenvalue weighted by atomic mass is 10.1. The zero-order valence-corrected chi connectivity index (χ0v) is 12.6. The highest BCUT2D eigenvalue weighted by Gasteiger charge is 2.13. The summed E-state index contributed by atoms with van der Waals surface area (Å²) in [6.07, 6.45) is 2.34. The fraction of sp³-hybridized carbons (Fsp3) is 0.600. The van der Waals surface area contributed by atoms with Gasteiger partial charge in [0.2, 0.25) is 0 Å². The summed E-state index contributed by atoms with van der Waals surface area (Å²) < 4.78 is 5.95. The molecule has 3 heteroatoms. The molecule has 1 rings (SSSR count). The lowest BCUT2D eigenvalue weighted by Gasteiger charge is -2.21. The Kier molecular flexibility index (Phi) is 6.51. The zero-order valence-electron chi connectivity index (χ0n) is 11.8. The molecule has 0 spiro atoms. The van der Waals surface area contributed by atoms with Crippen LogP contribution in [-0.2, 0) is 0 Å². The van der Waals surface area contributed by atoms with E-state index in [-0.39, 0.29) is 12.1 Å². The van der Waals surface area contributed by atoms with Gasteiger partial charge in [-0.25, -0.2) is 0 Å². The van der Waals surface area contributed by atoms with Crippen molar-refractivity contribution in [2.45, 2.75) is 52.7 Å². The van der Waals surface area contributed by atoms with Crippen LogP contribution in [0.5, 0.6) is 5.75 Å². The lowest BCUT2D eigenvalue weighted by Crippen LogP contribution is -2.21. The Morgan fingerprint density at radius 2 is 2.00 bits per heavy atom. The molecule has 0 aliphatic heterocycles. The Bertz CT molecular complexity index is 368. The van der Waals surface area contributed by atoms with Crippen molar-refractivity contribution < 1.29 is 4.74 Å². The van der Waals surface area contributed by atoms with Crippen molar-refractivity contribution in [1.82, 2.24) is 5.32 Å². The van der Waals surface area contributed by atoms with Gasteiger partial charge >= 0.3 is 0 Å². The monoisotopic (exact) mass is 269 g/mol. The normalized spacial score (nSPS) is 14.3. The van der Waals surface area contributed by atoms with Crippen LogP contribution in [0.1, 0.15) is 52.1 Å². The van der Waals surface area contributed by atoms with Crippen molar-refractivity contribution in [3.05, 3.63) is 28.8 Å². The van der Waals surface area contributed by atoms with Gasteiger partial charge in [-0.15, -0.1) is 0 Å². The number of benzene rings is 1. The van der Waals surface area contributed by atoms with Crippen molar-refractivity contribution in [2.75, 3.05) is 6.54 Å². The highest BCUT2D eigenvalue weighted by atomic mass is 35.5. The quantitative estimate of drug-likeness (QED) is 0.782. The van der Waals surface area contributed by atoms with E-state index in [1.54, 1.807) is 0 Å². The minimum atomic E-state index is 0.225. The fourth-order valence-corrected chi connectivity index (χ4v) is 1.92. The van der Waals surface area contributed by atoms with Gasteiger partial charge in [0, 0.05) is 16.6 Å². The molecule has 18 heavy (non-hydrogen) atoms. The van der Waals surface area contributed by atoms with Gasteiger partial charge < -0.3 is 10.1 Å². The summed E-state index contributed by atoms with van der Waals surface area (Å²) in [5.74, 6) is 0.935. The lowest BCUT2D eigenvalue weighted by molar-refractivity contribution is 0.213. The minimum absolute atomic E-state index is 0.225. The minimum Gasteiger partial charge on any atom is -0.490 e. The average molecular weight is 270 g/mol. The number of hydrogen-bond acceptors (Lipinski definition) is 2. The number of rotatable bonds is 7. The van der Waals surface area contributed by atoms with Crippen LogP contribution in [-0.4, -0.2) is 12.6 Å². The topological polar surface area (TPSA) is 21.3 Å². The molecule has 1 aromatic rings. The van der Waals surface area contributed by atoms with Gasteiger partial charge in [0.05, 0.1) is 6.10 Å². The van der Waals surface area contributed by atoms with E-state index in [4.69, 9.17) is 16.3 Å². The molecule has 0 amide bonds. The van der Waals surface area contributed by atoms with Crippen LogP contribution in [0.2, 0.25) is 5.02 Å². The van der Waals surface area contributed by atoms with Crippen LogP contribution in [0.3, 0.4) is 0 Å². The van der Waals surface area contributed by atoms with Gasteiger partial charge in [0.1, 0.15) is 5.75 Å². The van der Waals surface area contributed by atoms with E-state index in [1.807, 2.05) is 18.2 Å². The van der Waals surface area contributed by atoms with E-state index in [1.165, 1.54) is 0 Å². The summed E-state index contributed by atoms with van der Waals surface area (Å²) in [7, 11) is 0. The van der Waals surface area contributed by atoms with E-state index in [0.29, 0.717) is 0 Å². The molecule has 2 atom stereocenters. The predicted molar refractivity (Wildman–Crippen MR) is 78.5 cm³/mol. The van der Waals surface area contributed by atoms with Gasteiger partial charge in [0.25, 0.3) is 0 Å². The smallest absolute Gasteiger partial charge is 0.124 e. The van der Waals surface area contributed by atoms with Crippen molar-refractivity contribution >= 4 is 11.6 Å². The Morgan fingerprint density at radius 3 is 2.61 bits per heavy atom. The van der Waals surface area contributed by atoms with Crippen molar-refractivity contribution in [3.8, 4) is 5.75 Å². The molecule has 0 aliphatic rings. The molecule has 0 aliphatic carbocycles. The molecule has 0 fully saturated rings. The summed E-state index contributed by atoms with van der Waals surface area (Å²) in [5.41, 5.74) is 1.14. The molecule has 2 unspecified atom stereocenters. The third-order valence-electron chi connectivity index (χ3n) is 3.04.